The summed E-state index contributed by atoms with van der Waals surface area (Å²) in [6.07, 6.45) is 0.292. The molecule has 0 atom stereocenters. The van der Waals surface area contributed by atoms with E-state index in [1.165, 1.54) is 6.07 Å². The SMILES string of the molecule is O=C(c1ccc(Cl)c(C(F)(F)F)c1)N1CCC(n2cncc2-c2ccc(OCc3ccccc3)cc2)CC1. The molecular formula is C29H25ClF3N3O2. The fourth-order valence-electron chi connectivity index (χ4n) is 4.69. The Bertz CT molecular complexity index is 1400. The van der Waals surface area contributed by atoms with E-state index in [0.29, 0.717) is 32.5 Å². The van der Waals surface area contributed by atoms with E-state index in [-0.39, 0.29) is 11.6 Å². The van der Waals surface area contributed by atoms with E-state index in [9.17, 15) is 18.0 Å². The first-order chi connectivity index (χ1) is 18.3. The average Bonchev–Trinajstić information content (AvgIpc) is 3.42. The first-order valence-electron chi connectivity index (χ1n) is 12.2. The van der Waals surface area contributed by atoms with Gasteiger partial charge in [-0.2, -0.15) is 13.2 Å². The second-order valence-electron chi connectivity index (χ2n) is 9.20. The maximum atomic E-state index is 13.2. The molecule has 1 amide bonds. The molecule has 1 aromatic heterocycles. The minimum absolute atomic E-state index is 0.0157. The van der Waals surface area contributed by atoms with E-state index < -0.39 is 22.7 Å². The summed E-state index contributed by atoms with van der Waals surface area (Å²) in [5.41, 5.74) is 2.03. The van der Waals surface area contributed by atoms with Crippen LogP contribution in [0.4, 0.5) is 13.2 Å². The van der Waals surface area contributed by atoms with Crippen LogP contribution < -0.4 is 4.74 Å². The van der Waals surface area contributed by atoms with Crippen LogP contribution in [0.15, 0.2) is 85.3 Å². The molecule has 0 spiro atoms. The maximum Gasteiger partial charge on any atom is 0.417 e. The number of carbonyl (C=O) groups excluding carboxylic acids is 1. The van der Waals surface area contributed by atoms with Crippen molar-refractivity contribution in [2.75, 3.05) is 13.1 Å². The van der Waals surface area contributed by atoms with Gasteiger partial charge in [-0.3, -0.25) is 4.79 Å². The van der Waals surface area contributed by atoms with Gasteiger partial charge in [-0.15, -0.1) is 0 Å². The largest absolute Gasteiger partial charge is 0.489 e. The Morgan fingerprint density at radius 3 is 2.39 bits per heavy atom. The van der Waals surface area contributed by atoms with Gasteiger partial charge in [-0.05, 0) is 60.9 Å². The molecule has 196 valence electrons. The highest BCUT2D eigenvalue weighted by molar-refractivity contribution is 6.31. The van der Waals surface area contributed by atoms with Crippen LogP contribution in [0.2, 0.25) is 5.02 Å². The molecule has 0 saturated carbocycles. The Kier molecular flexibility index (Phi) is 7.42. The highest BCUT2D eigenvalue weighted by Gasteiger charge is 2.34. The van der Waals surface area contributed by atoms with Gasteiger partial charge < -0.3 is 14.2 Å². The number of imidazole rings is 1. The lowest BCUT2D eigenvalue weighted by atomic mass is 10.0. The number of aromatic nitrogens is 2. The third kappa shape index (κ3) is 5.70. The summed E-state index contributed by atoms with van der Waals surface area (Å²) in [5.74, 6) is 0.342. The van der Waals surface area contributed by atoms with Crippen LogP contribution in [0, 0.1) is 0 Å². The monoisotopic (exact) mass is 539 g/mol. The lowest BCUT2D eigenvalue weighted by Crippen LogP contribution is -2.39. The summed E-state index contributed by atoms with van der Waals surface area (Å²) in [7, 11) is 0. The normalized spacial score (nSPS) is 14.5. The molecule has 1 aliphatic rings. The predicted molar refractivity (Wildman–Crippen MR) is 139 cm³/mol. The molecule has 0 bridgehead atoms. The molecule has 5 rings (SSSR count). The molecule has 1 aliphatic heterocycles. The number of hydrogen-bond acceptors (Lipinski definition) is 3. The fraction of sp³-hybridized carbons (Fsp3) is 0.241. The van der Waals surface area contributed by atoms with Crippen molar-refractivity contribution in [3.63, 3.8) is 0 Å². The number of amides is 1. The fourth-order valence-corrected chi connectivity index (χ4v) is 4.91. The number of carbonyl (C=O) groups is 1. The molecule has 5 nitrogen and oxygen atoms in total. The summed E-state index contributed by atoms with van der Waals surface area (Å²) in [6.45, 7) is 1.34. The minimum Gasteiger partial charge on any atom is -0.489 e. The number of piperidine rings is 1. The van der Waals surface area contributed by atoms with Crippen molar-refractivity contribution in [1.82, 2.24) is 14.5 Å². The smallest absolute Gasteiger partial charge is 0.417 e. The van der Waals surface area contributed by atoms with Crippen LogP contribution >= 0.6 is 11.6 Å². The topological polar surface area (TPSA) is 47.4 Å². The molecule has 1 saturated heterocycles. The number of alkyl halides is 3. The number of likely N-dealkylation sites (tertiary alicyclic amines) is 1. The van der Waals surface area contributed by atoms with Gasteiger partial charge in [0.2, 0.25) is 0 Å². The Balaban J connectivity index is 1.22. The molecule has 3 aromatic carbocycles. The van der Waals surface area contributed by atoms with Crippen LogP contribution in [-0.4, -0.2) is 33.4 Å². The molecule has 2 heterocycles. The standard InChI is InChI=1S/C29H25ClF3N3O2/c30-26-11-8-22(16-25(26)29(31,32)33)28(37)35-14-12-23(13-15-35)36-19-34-17-27(36)21-6-9-24(10-7-21)38-18-20-4-2-1-3-5-20/h1-11,16-17,19,23H,12-15,18H2. The van der Waals surface area contributed by atoms with Gasteiger partial charge >= 0.3 is 6.18 Å². The van der Waals surface area contributed by atoms with E-state index >= 15 is 0 Å². The zero-order valence-corrected chi connectivity index (χ0v) is 21.1. The highest BCUT2D eigenvalue weighted by atomic mass is 35.5. The van der Waals surface area contributed by atoms with Crippen molar-refractivity contribution in [1.29, 1.82) is 0 Å². The third-order valence-electron chi connectivity index (χ3n) is 6.73. The summed E-state index contributed by atoms with van der Waals surface area (Å²) >= 11 is 5.70. The Morgan fingerprint density at radius 1 is 1.00 bits per heavy atom. The maximum absolute atomic E-state index is 13.2. The van der Waals surface area contributed by atoms with Crippen LogP contribution in [0.1, 0.15) is 40.4 Å². The van der Waals surface area contributed by atoms with Gasteiger partial charge in [0.25, 0.3) is 5.91 Å². The van der Waals surface area contributed by atoms with Gasteiger partial charge in [0.05, 0.1) is 28.8 Å². The van der Waals surface area contributed by atoms with E-state index in [1.54, 1.807) is 11.2 Å². The second kappa shape index (κ2) is 10.9. The summed E-state index contributed by atoms with van der Waals surface area (Å²) < 4.78 is 47.7. The molecule has 0 radical (unpaired) electrons. The molecule has 1 fully saturated rings. The zero-order chi connectivity index (χ0) is 26.7. The van der Waals surface area contributed by atoms with Gasteiger partial charge in [0, 0.05) is 30.3 Å². The van der Waals surface area contributed by atoms with Crippen LogP contribution in [-0.2, 0) is 12.8 Å². The number of benzene rings is 3. The van der Waals surface area contributed by atoms with Crippen LogP contribution in [0.5, 0.6) is 5.75 Å². The number of hydrogen-bond donors (Lipinski definition) is 0. The first-order valence-corrected chi connectivity index (χ1v) is 12.6. The Labute approximate surface area is 223 Å². The van der Waals surface area contributed by atoms with E-state index in [1.807, 2.05) is 60.8 Å². The summed E-state index contributed by atoms with van der Waals surface area (Å²) in [6, 6.07) is 21.2. The minimum atomic E-state index is -4.62. The predicted octanol–water partition coefficient (Wildman–Crippen LogP) is 7.28. The number of ether oxygens (including phenoxy) is 1. The third-order valence-corrected chi connectivity index (χ3v) is 7.06. The Morgan fingerprint density at radius 2 is 1.71 bits per heavy atom. The average molecular weight is 540 g/mol. The lowest BCUT2D eigenvalue weighted by Gasteiger charge is -2.33. The molecule has 9 heteroatoms. The molecule has 0 aliphatic carbocycles. The number of halogens is 4. The van der Waals surface area contributed by atoms with Gasteiger partial charge in [-0.25, -0.2) is 4.98 Å². The van der Waals surface area contributed by atoms with Crippen molar-refractivity contribution in [2.45, 2.75) is 31.7 Å². The first kappa shape index (κ1) is 25.9. The van der Waals surface area contributed by atoms with Crippen molar-refractivity contribution >= 4 is 17.5 Å². The summed E-state index contributed by atoms with van der Waals surface area (Å²) in [5, 5.41) is -0.420. The van der Waals surface area contributed by atoms with E-state index in [2.05, 4.69) is 9.55 Å². The van der Waals surface area contributed by atoms with E-state index in [0.717, 1.165) is 34.7 Å². The molecule has 0 N–H and O–H groups in total. The zero-order valence-electron chi connectivity index (χ0n) is 20.4. The van der Waals surface area contributed by atoms with Crippen LogP contribution in [0.3, 0.4) is 0 Å². The number of rotatable bonds is 6. The quantitative estimate of drug-likeness (QED) is 0.259. The van der Waals surface area contributed by atoms with Gasteiger partial charge in [0.1, 0.15) is 12.4 Å². The second-order valence-corrected chi connectivity index (χ2v) is 9.61. The number of nitrogens with zero attached hydrogens (tertiary/aromatic N) is 3. The van der Waals surface area contributed by atoms with Crippen molar-refractivity contribution in [3.05, 3.63) is 107 Å². The van der Waals surface area contributed by atoms with Crippen molar-refractivity contribution < 1.29 is 22.7 Å². The van der Waals surface area contributed by atoms with Crippen molar-refractivity contribution in [3.8, 4) is 17.0 Å². The molecule has 4 aromatic rings. The van der Waals surface area contributed by atoms with Gasteiger partial charge in [-0.1, -0.05) is 41.9 Å². The molecule has 0 unspecified atom stereocenters. The summed E-state index contributed by atoms with van der Waals surface area (Å²) in [4.78, 5) is 18.9. The Hall–Kier alpha value is -3.78. The van der Waals surface area contributed by atoms with Gasteiger partial charge in [0.15, 0.2) is 0 Å². The molecule has 38 heavy (non-hydrogen) atoms. The lowest BCUT2D eigenvalue weighted by molar-refractivity contribution is -0.137. The van der Waals surface area contributed by atoms with Crippen molar-refractivity contribution in [2.24, 2.45) is 0 Å². The van der Waals surface area contributed by atoms with E-state index in [4.69, 9.17) is 16.3 Å². The molecular weight excluding hydrogens is 515 g/mol. The van der Waals surface area contributed by atoms with Crippen LogP contribution in [0.25, 0.3) is 11.3 Å². The highest BCUT2D eigenvalue weighted by Crippen LogP contribution is 2.36.